The Balaban J connectivity index is 1.83. The SMILES string of the molecule is CCC1CCC(C(O)c2ccnn2-c2ccccc2)C1. The molecule has 1 aliphatic carbocycles. The van der Waals surface area contributed by atoms with E-state index in [1.807, 2.05) is 41.1 Å². The van der Waals surface area contributed by atoms with Gasteiger partial charge in [0.1, 0.15) is 0 Å². The molecule has 3 atom stereocenters. The van der Waals surface area contributed by atoms with Crippen molar-refractivity contribution in [3.63, 3.8) is 0 Å². The van der Waals surface area contributed by atoms with E-state index in [0.717, 1.165) is 30.1 Å². The smallest absolute Gasteiger partial charge is 0.0989 e. The lowest BCUT2D eigenvalue weighted by atomic mass is 9.96. The fourth-order valence-electron chi connectivity index (χ4n) is 3.34. The van der Waals surface area contributed by atoms with Gasteiger partial charge in [-0.15, -0.1) is 0 Å². The highest BCUT2D eigenvalue weighted by molar-refractivity contribution is 5.33. The lowest BCUT2D eigenvalue weighted by Crippen LogP contribution is -2.14. The van der Waals surface area contributed by atoms with Crippen LogP contribution in [0.25, 0.3) is 5.69 Å². The van der Waals surface area contributed by atoms with Crippen LogP contribution in [0.1, 0.15) is 44.4 Å². The number of rotatable bonds is 4. The Morgan fingerprint density at radius 2 is 2.05 bits per heavy atom. The molecule has 0 bridgehead atoms. The molecule has 0 amide bonds. The normalized spacial score (nSPS) is 23.9. The monoisotopic (exact) mass is 270 g/mol. The van der Waals surface area contributed by atoms with Gasteiger partial charge in [0.25, 0.3) is 0 Å². The van der Waals surface area contributed by atoms with Gasteiger partial charge in [-0.05, 0) is 42.9 Å². The van der Waals surface area contributed by atoms with Gasteiger partial charge in [0, 0.05) is 6.20 Å². The van der Waals surface area contributed by atoms with Crippen LogP contribution in [0.2, 0.25) is 0 Å². The molecule has 3 heteroatoms. The molecule has 106 valence electrons. The molecule has 3 rings (SSSR count). The van der Waals surface area contributed by atoms with Gasteiger partial charge in [0.05, 0.1) is 17.5 Å². The van der Waals surface area contributed by atoms with E-state index >= 15 is 0 Å². The van der Waals surface area contributed by atoms with Gasteiger partial charge < -0.3 is 5.11 Å². The quantitative estimate of drug-likeness (QED) is 0.919. The van der Waals surface area contributed by atoms with Crippen LogP contribution < -0.4 is 0 Å². The fraction of sp³-hybridized carbons (Fsp3) is 0.471. The van der Waals surface area contributed by atoms with Crippen molar-refractivity contribution in [1.29, 1.82) is 0 Å². The Bertz CT molecular complexity index is 549. The van der Waals surface area contributed by atoms with Crippen LogP contribution in [0.4, 0.5) is 0 Å². The molecule has 2 aromatic rings. The summed E-state index contributed by atoms with van der Waals surface area (Å²) in [6, 6.07) is 12.0. The maximum atomic E-state index is 10.7. The zero-order valence-electron chi connectivity index (χ0n) is 11.9. The number of nitrogens with zero attached hydrogens (tertiary/aromatic N) is 2. The summed E-state index contributed by atoms with van der Waals surface area (Å²) >= 11 is 0. The van der Waals surface area contributed by atoms with E-state index in [1.54, 1.807) is 6.20 Å². The zero-order valence-corrected chi connectivity index (χ0v) is 11.9. The summed E-state index contributed by atoms with van der Waals surface area (Å²) in [5.41, 5.74) is 1.93. The number of hydrogen-bond donors (Lipinski definition) is 1. The molecule has 1 aliphatic rings. The van der Waals surface area contributed by atoms with E-state index in [1.165, 1.54) is 12.8 Å². The van der Waals surface area contributed by atoms with Gasteiger partial charge in [-0.1, -0.05) is 38.0 Å². The Labute approximate surface area is 120 Å². The van der Waals surface area contributed by atoms with Gasteiger partial charge in [-0.3, -0.25) is 0 Å². The van der Waals surface area contributed by atoms with E-state index in [9.17, 15) is 5.11 Å². The third kappa shape index (κ3) is 2.50. The van der Waals surface area contributed by atoms with Crippen molar-refractivity contribution in [2.75, 3.05) is 0 Å². The molecule has 0 saturated heterocycles. The molecule has 20 heavy (non-hydrogen) atoms. The van der Waals surface area contributed by atoms with Gasteiger partial charge in [-0.25, -0.2) is 4.68 Å². The van der Waals surface area contributed by atoms with E-state index in [4.69, 9.17) is 0 Å². The van der Waals surface area contributed by atoms with E-state index < -0.39 is 6.10 Å². The van der Waals surface area contributed by atoms with Gasteiger partial charge >= 0.3 is 0 Å². The van der Waals surface area contributed by atoms with Crippen LogP contribution in [0.15, 0.2) is 42.6 Å². The van der Waals surface area contributed by atoms with E-state index in [0.29, 0.717) is 5.92 Å². The van der Waals surface area contributed by atoms with Crippen molar-refractivity contribution >= 4 is 0 Å². The Kier molecular flexibility index (Phi) is 3.88. The topological polar surface area (TPSA) is 38.1 Å². The maximum absolute atomic E-state index is 10.7. The van der Waals surface area contributed by atoms with Crippen LogP contribution in [0.5, 0.6) is 0 Å². The predicted molar refractivity (Wildman–Crippen MR) is 79.6 cm³/mol. The van der Waals surface area contributed by atoms with Crippen molar-refractivity contribution in [1.82, 2.24) is 9.78 Å². The number of aromatic nitrogens is 2. The van der Waals surface area contributed by atoms with Crippen molar-refractivity contribution in [3.05, 3.63) is 48.3 Å². The molecule has 1 heterocycles. The fourth-order valence-corrected chi connectivity index (χ4v) is 3.34. The molecule has 1 saturated carbocycles. The number of para-hydroxylation sites is 1. The van der Waals surface area contributed by atoms with Gasteiger partial charge in [-0.2, -0.15) is 5.10 Å². The van der Waals surface area contributed by atoms with Crippen LogP contribution in [-0.2, 0) is 0 Å². The third-order valence-corrected chi connectivity index (χ3v) is 4.58. The highest BCUT2D eigenvalue weighted by Gasteiger charge is 2.31. The minimum absolute atomic E-state index is 0.374. The van der Waals surface area contributed by atoms with Crippen molar-refractivity contribution in [3.8, 4) is 5.69 Å². The van der Waals surface area contributed by atoms with Crippen LogP contribution >= 0.6 is 0 Å². The Morgan fingerprint density at radius 1 is 1.25 bits per heavy atom. The first-order chi connectivity index (χ1) is 9.79. The standard InChI is InChI=1S/C17H22N2O/c1-2-13-8-9-14(12-13)17(20)16-10-11-18-19(16)15-6-4-3-5-7-15/h3-7,10-11,13-14,17,20H,2,8-9,12H2,1H3. The van der Waals surface area contributed by atoms with Gasteiger partial charge in [0.15, 0.2) is 0 Å². The molecule has 0 radical (unpaired) electrons. The summed E-state index contributed by atoms with van der Waals surface area (Å²) in [7, 11) is 0. The minimum atomic E-state index is -0.408. The zero-order chi connectivity index (χ0) is 13.9. The molecular formula is C17H22N2O. The average Bonchev–Trinajstić information content (AvgIpc) is 3.16. The Hall–Kier alpha value is -1.61. The second kappa shape index (κ2) is 5.80. The molecule has 1 aromatic carbocycles. The summed E-state index contributed by atoms with van der Waals surface area (Å²) in [6.07, 6.45) is 6.10. The molecule has 1 N–H and O–H groups in total. The summed E-state index contributed by atoms with van der Waals surface area (Å²) in [4.78, 5) is 0. The molecule has 1 fully saturated rings. The largest absolute Gasteiger partial charge is 0.387 e. The van der Waals surface area contributed by atoms with Crippen LogP contribution in [-0.4, -0.2) is 14.9 Å². The molecule has 0 aliphatic heterocycles. The number of aliphatic hydroxyl groups excluding tert-OH is 1. The van der Waals surface area contributed by atoms with Crippen LogP contribution in [0, 0.1) is 11.8 Å². The third-order valence-electron chi connectivity index (χ3n) is 4.58. The van der Waals surface area contributed by atoms with Crippen molar-refractivity contribution in [2.24, 2.45) is 11.8 Å². The van der Waals surface area contributed by atoms with E-state index in [2.05, 4.69) is 12.0 Å². The summed E-state index contributed by atoms with van der Waals surface area (Å²) in [5, 5.41) is 15.1. The van der Waals surface area contributed by atoms with Gasteiger partial charge in [0.2, 0.25) is 0 Å². The predicted octanol–water partition coefficient (Wildman–Crippen LogP) is 3.73. The minimum Gasteiger partial charge on any atom is -0.387 e. The molecule has 3 nitrogen and oxygen atoms in total. The second-order valence-corrected chi connectivity index (χ2v) is 5.80. The summed E-state index contributed by atoms with van der Waals surface area (Å²) in [5.74, 6) is 1.15. The molecule has 1 aromatic heterocycles. The summed E-state index contributed by atoms with van der Waals surface area (Å²) < 4.78 is 1.87. The number of hydrogen-bond acceptors (Lipinski definition) is 2. The first-order valence-electron chi connectivity index (χ1n) is 7.57. The lowest BCUT2D eigenvalue weighted by Gasteiger charge is -2.19. The summed E-state index contributed by atoms with van der Waals surface area (Å²) in [6.45, 7) is 2.24. The molecule has 0 spiro atoms. The lowest BCUT2D eigenvalue weighted by molar-refractivity contribution is 0.102. The van der Waals surface area contributed by atoms with E-state index in [-0.39, 0.29) is 0 Å². The highest BCUT2D eigenvalue weighted by Crippen LogP contribution is 2.40. The van der Waals surface area contributed by atoms with Crippen molar-refractivity contribution in [2.45, 2.75) is 38.7 Å². The molecule has 3 unspecified atom stereocenters. The second-order valence-electron chi connectivity index (χ2n) is 5.80. The first kappa shape index (κ1) is 13.4. The van der Waals surface area contributed by atoms with Crippen LogP contribution in [0.3, 0.4) is 0 Å². The maximum Gasteiger partial charge on any atom is 0.0989 e. The highest BCUT2D eigenvalue weighted by atomic mass is 16.3. The Morgan fingerprint density at radius 3 is 2.75 bits per heavy atom. The molecular weight excluding hydrogens is 248 g/mol. The first-order valence-corrected chi connectivity index (χ1v) is 7.57. The number of aliphatic hydroxyl groups is 1. The number of benzene rings is 1. The average molecular weight is 270 g/mol. The van der Waals surface area contributed by atoms with Crippen molar-refractivity contribution < 1.29 is 5.11 Å².